The number of rotatable bonds is 8. The molecular weight excluding hydrogens is 571 g/mol. The van der Waals surface area contributed by atoms with Crippen molar-refractivity contribution < 1.29 is 42.5 Å². The van der Waals surface area contributed by atoms with Gasteiger partial charge < -0.3 is 29.6 Å². The van der Waals surface area contributed by atoms with Gasteiger partial charge in [-0.3, -0.25) is 14.4 Å². The minimum atomic E-state index is -1.53. The molecule has 1 aliphatic rings. The molecule has 0 aromatic heterocycles. The van der Waals surface area contributed by atoms with Crippen LogP contribution in [0.15, 0.2) is 42.5 Å². The number of esters is 4. The second-order valence-corrected chi connectivity index (χ2v) is 12.3. The molecule has 3 rings (SSSR count). The van der Waals surface area contributed by atoms with Crippen molar-refractivity contribution >= 4 is 29.6 Å². The summed E-state index contributed by atoms with van der Waals surface area (Å²) in [5.74, 6) is -5.23. The Bertz CT molecular complexity index is 1250. The number of benzene rings is 2. The first-order valence-corrected chi connectivity index (χ1v) is 14.5. The summed E-state index contributed by atoms with van der Waals surface area (Å²) in [6.45, 7) is 13.4. The Labute approximate surface area is 259 Å². The molecule has 0 bridgehead atoms. The van der Waals surface area contributed by atoms with Gasteiger partial charge in [-0.1, -0.05) is 30.3 Å². The maximum Gasteiger partial charge on any atom is 0.340 e. The Morgan fingerprint density at radius 1 is 0.932 bits per heavy atom. The maximum atomic E-state index is 14.8. The van der Waals surface area contributed by atoms with E-state index in [2.05, 4.69) is 15.4 Å². The fourth-order valence-electron chi connectivity index (χ4n) is 4.24. The molecule has 1 saturated heterocycles. The molecule has 44 heavy (non-hydrogen) atoms. The minimum Gasteiger partial charge on any atom is -0.465 e. The first-order valence-electron chi connectivity index (χ1n) is 14.5. The van der Waals surface area contributed by atoms with Crippen molar-refractivity contribution in [1.82, 2.24) is 5.32 Å². The predicted octanol–water partition coefficient (Wildman–Crippen LogP) is 5.29. The van der Waals surface area contributed by atoms with Crippen molar-refractivity contribution in [3.63, 3.8) is 0 Å². The van der Waals surface area contributed by atoms with Gasteiger partial charge in [0.2, 0.25) is 0 Å². The van der Waals surface area contributed by atoms with Gasteiger partial charge in [-0.2, -0.15) is 0 Å². The molecule has 2 N–H and O–H groups in total. The monoisotopic (exact) mass is 616 g/mol. The quantitative estimate of drug-likeness (QED) is 0.229. The van der Waals surface area contributed by atoms with E-state index >= 15 is 0 Å². The van der Waals surface area contributed by atoms with Crippen LogP contribution in [0.1, 0.15) is 88.7 Å². The Balaban J connectivity index is 0.000000514. The number of hydrogen-bond donors (Lipinski definition) is 2. The highest BCUT2D eigenvalue weighted by atomic mass is 19.1. The highest BCUT2D eigenvalue weighted by Crippen LogP contribution is 2.33. The van der Waals surface area contributed by atoms with Crippen LogP contribution in [0.2, 0.25) is 0 Å². The SMILES string of the molecule is CC(=O)OCc1ccccc1.COC(=O)c1cc(C(C(=O)OC(C)(C)C)C(=O)OC(C)(C)C)c(NC2CCNCC2)cc1F. The Hall–Kier alpha value is -3.99. The third-order valence-corrected chi connectivity index (χ3v) is 6.12. The summed E-state index contributed by atoms with van der Waals surface area (Å²) >= 11 is 0. The normalized spacial score (nSPS) is 13.7. The lowest BCUT2D eigenvalue weighted by molar-refractivity contribution is -0.169. The largest absolute Gasteiger partial charge is 0.465 e. The summed E-state index contributed by atoms with van der Waals surface area (Å²) in [5, 5.41) is 6.49. The fourth-order valence-corrected chi connectivity index (χ4v) is 4.24. The van der Waals surface area contributed by atoms with Gasteiger partial charge in [0.25, 0.3) is 0 Å². The first kappa shape index (κ1) is 36.2. The number of piperidine rings is 1. The second-order valence-electron chi connectivity index (χ2n) is 12.3. The number of halogens is 1. The number of ether oxygens (including phenoxy) is 4. The summed E-state index contributed by atoms with van der Waals surface area (Å²) in [4.78, 5) is 49.0. The van der Waals surface area contributed by atoms with Gasteiger partial charge in [-0.15, -0.1) is 0 Å². The average Bonchev–Trinajstić information content (AvgIpc) is 2.92. The smallest absolute Gasteiger partial charge is 0.340 e. The highest BCUT2D eigenvalue weighted by molar-refractivity contribution is 6.03. The summed E-state index contributed by atoms with van der Waals surface area (Å²) < 4.78 is 35.3. The third-order valence-electron chi connectivity index (χ3n) is 6.12. The molecule has 1 aliphatic heterocycles. The molecule has 0 saturated carbocycles. The van der Waals surface area contributed by atoms with E-state index in [0.29, 0.717) is 6.61 Å². The standard InChI is InChI=1S/C24H35FN2O6.C9H10O2/c1-23(2,3)32-21(29)19(22(30)33-24(4,5)6)16-12-15(20(28)31-7)17(25)13-18(16)27-14-8-10-26-11-9-14;1-8(10)11-7-9-5-3-2-4-6-9/h12-14,19,26-27H,8-11H2,1-7H3;2-6H,7H2,1H3. The van der Waals surface area contributed by atoms with Gasteiger partial charge in [-0.25, -0.2) is 9.18 Å². The number of hydrogen-bond acceptors (Lipinski definition) is 10. The zero-order valence-electron chi connectivity index (χ0n) is 26.9. The number of methoxy groups -OCH3 is 1. The van der Waals surface area contributed by atoms with E-state index in [0.717, 1.165) is 44.7 Å². The van der Waals surface area contributed by atoms with Gasteiger partial charge in [0, 0.05) is 24.2 Å². The van der Waals surface area contributed by atoms with Crippen molar-refractivity contribution in [3.8, 4) is 0 Å². The van der Waals surface area contributed by atoms with E-state index < -0.39 is 40.8 Å². The molecule has 0 amide bonds. The molecule has 1 fully saturated rings. The average molecular weight is 617 g/mol. The molecule has 2 aromatic rings. The van der Waals surface area contributed by atoms with Crippen molar-refractivity contribution in [3.05, 3.63) is 65.0 Å². The summed E-state index contributed by atoms with van der Waals surface area (Å²) in [6, 6.07) is 11.9. The van der Waals surface area contributed by atoms with Gasteiger partial charge in [0.1, 0.15) is 23.6 Å². The van der Waals surface area contributed by atoms with Crippen LogP contribution in [0.3, 0.4) is 0 Å². The summed E-state index contributed by atoms with van der Waals surface area (Å²) in [7, 11) is 1.13. The van der Waals surface area contributed by atoms with Crippen LogP contribution < -0.4 is 10.6 Å². The number of anilines is 1. The lowest BCUT2D eigenvalue weighted by Crippen LogP contribution is -2.38. The molecule has 0 radical (unpaired) electrons. The van der Waals surface area contributed by atoms with E-state index in [1.165, 1.54) is 13.0 Å². The predicted molar refractivity (Wildman–Crippen MR) is 164 cm³/mol. The second kappa shape index (κ2) is 16.2. The van der Waals surface area contributed by atoms with Crippen LogP contribution in [0, 0.1) is 5.82 Å². The van der Waals surface area contributed by atoms with Crippen LogP contribution in [0.25, 0.3) is 0 Å². The molecule has 2 aromatic carbocycles. The van der Waals surface area contributed by atoms with Gasteiger partial charge in [0.05, 0.1) is 12.7 Å². The van der Waals surface area contributed by atoms with Crippen molar-refractivity contribution in [2.45, 2.75) is 91.1 Å². The van der Waals surface area contributed by atoms with Crippen LogP contribution in [-0.2, 0) is 39.9 Å². The van der Waals surface area contributed by atoms with Crippen molar-refractivity contribution in [1.29, 1.82) is 0 Å². The number of carbonyl (C=O) groups is 4. The minimum absolute atomic E-state index is 0.00806. The fraction of sp³-hybridized carbons (Fsp3) is 0.515. The summed E-state index contributed by atoms with van der Waals surface area (Å²) in [6.07, 6.45) is 1.53. The summed E-state index contributed by atoms with van der Waals surface area (Å²) in [5.41, 5.74) is -0.813. The van der Waals surface area contributed by atoms with E-state index in [1.807, 2.05) is 30.3 Å². The topological polar surface area (TPSA) is 129 Å². The van der Waals surface area contributed by atoms with Crippen molar-refractivity contribution in [2.24, 2.45) is 0 Å². The van der Waals surface area contributed by atoms with Crippen molar-refractivity contribution in [2.75, 3.05) is 25.5 Å². The highest BCUT2D eigenvalue weighted by Gasteiger charge is 2.39. The number of carbonyl (C=O) groups excluding carboxylic acids is 4. The van der Waals surface area contributed by atoms with Crippen LogP contribution >= 0.6 is 0 Å². The third kappa shape index (κ3) is 12.3. The lowest BCUT2D eigenvalue weighted by Gasteiger charge is -2.30. The lowest BCUT2D eigenvalue weighted by atomic mass is 9.93. The van der Waals surface area contributed by atoms with Crippen LogP contribution in [0.5, 0.6) is 0 Å². The zero-order chi connectivity index (χ0) is 33.1. The molecule has 1 heterocycles. The maximum absolute atomic E-state index is 14.8. The van der Waals surface area contributed by atoms with Gasteiger partial charge in [-0.05, 0) is 85.2 Å². The van der Waals surface area contributed by atoms with E-state index in [4.69, 9.17) is 14.2 Å². The molecule has 0 aliphatic carbocycles. The molecular formula is C33H45FN2O8. The molecule has 10 nitrogen and oxygen atoms in total. The molecule has 11 heteroatoms. The van der Waals surface area contributed by atoms with Crippen LogP contribution in [-0.4, -0.2) is 61.3 Å². The zero-order valence-corrected chi connectivity index (χ0v) is 26.9. The molecule has 0 spiro atoms. The number of nitrogens with one attached hydrogen (secondary N) is 2. The Morgan fingerprint density at radius 3 is 1.95 bits per heavy atom. The van der Waals surface area contributed by atoms with E-state index in [9.17, 15) is 23.6 Å². The first-order chi connectivity index (χ1) is 20.5. The Morgan fingerprint density at radius 2 is 1.48 bits per heavy atom. The molecule has 242 valence electrons. The Kier molecular flexibility index (Phi) is 13.3. The molecule has 0 atom stereocenters. The van der Waals surface area contributed by atoms with Gasteiger partial charge >= 0.3 is 23.9 Å². The van der Waals surface area contributed by atoms with Crippen LogP contribution in [0.4, 0.5) is 10.1 Å². The van der Waals surface area contributed by atoms with E-state index in [1.54, 1.807) is 41.5 Å². The van der Waals surface area contributed by atoms with E-state index in [-0.39, 0.29) is 28.8 Å². The molecule has 0 unspecified atom stereocenters. The van der Waals surface area contributed by atoms with Gasteiger partial charge in [0.15, 0.2) is 5.92 Å².